The van der Waals surface area contributed by atoms with Crippen LogP contribution in [0, 0.1) is 11.3 Å². The van der Waals surface area contributed by atoms with Crippen molar-refractivity contribution in [1.82, 2.24) is 25.2 Å². The third kappa shape index (κ3) is 9.72. The number of nitrogens with one attached hydrogen (secondary N) is 3. The van der Waals surface area contributed by atoms with E-state index in [-0.39, 0.29) is 23.3 Å². The molecule has 0 aliphatic heterocycles. The first-order chi connectivity index (χ1) is 20.3. The quantitative estimate of drug-likeness (QED) is 0.289. The number of hydrogen-bond donors (Lipinski definition) is 3. The van der Waals surface area contributed by atoms with Gasteiger partial charge < -0.3 is 15.5 Å². The van der Waals surface area contributed by atoms with E-state index in [1.807, 2.05) is 78.8 Å². The Morgan fingerprint density at radius 1 is 0.977 bits per heavy atom. The zero-order chi connectivity index (χ0) is 33.5. The van der Waals surface area contributed by atoms with Crippen LogP contribution in [0.4, 0.5) is 0 Å². The number of amides is 3. The standard InChI is InChI=1S/C33H49N5O5S/c1-22(2)26(19-23(3)29(39)37-44(42,43)21-24-15-14-18-35-20-24)38(10)31(41)28(32(4,5)6)36-30(40)27(34-9)33(7,8)25-16-12-11-13-17-25/h11-20,22,26-28,34H,21H2,1-10H3,(H,36,40)(H,37,39). The van der Waals surface area contributed by atoms with Gasteiger partial charge in [-0.25, -0.2) is 13.1 Å². The number of nitrogens with zero attached hydrogens (tertiary/aromatic N) is 2. The van der Waals surface area contributed by atoms with Gasteiger partial charge in [0.25, 0.3) is 5.91 Å². The van der Waals surface area contributed by atoms with Crippen LogP contribution in [0.5, 0.6) is 0 Å². The van der Waals surface area contributed by atoms with Crippen LogP contribution in [0.3, 0.4) is 0 Å². The normalized spacial score (nSPS) is 14.8. The van der Waals surface area contributed by atoms with Crippen LogP contribution in [-0.4, -0.2) is 68.2 Å². The van der Waals surface area contributed by atoms with Crippen molar-refractivity contribution in [2.45, 2.75) is 84.7 Å². The second-order valence-electron chi connectivity index (χ2n) is 13.2. The summed E-state index contributed by atoms with van der Waals surface area (Å²) in [5, 5.41) is 6.15. The first-order valence-corrected chi connectivity index (χ1v) is 16.4. The second-order valence-corrected chi connectivity index (χ2v) is 14.9. The highest BCUT2D eigenvalue weighted by Gasteiger charge is 2.41. The van der Waals surface area contributed by atoms with Gasteiger partial charge in [0, 0.05) is 30.4 Å². The van der Waals surface area contributed by atoms with Gasteiger partial charge in [0.1, 0.15) is 6.04 Å². The number of carbonyl (C=O) groups excluding carboxylic acids is 3. The molecule has 0 radical (unpaired) electrons. The van der Waals surface area contributed by atoms with Crippen LogP contribution in [0.2, 0.25) is 0 Å². The summed E-state index contributed by atoms with van der Waals surface area (Å²) in [5.74, 6) is -1.94. The van der Waals surface area contributed by atoms with Gasteiger partial charge in [-0.2, -0.15) is 0 Å². The molecule has 1 aromatic carbocycles. The molecule has 242 valence electrons. The minimum atomic E-state index is -3.98. The van der Waals surface area contributed by atoms with Gasteiger partial charge in [0.2, 0.25) is 21.8 Å². The molecule has 0 fully saturated rings. The minimum absolute atomic E-state index is 0.128. The fraction of sp³-hybridized carbons (Fsp3) is 0.515. The van der Waals surface area contributed by atoms with Crippen LogP contribution in [-0.2, 0) is 35.6 Å². The molecule has 0 aliphatic rings. The smallest absolute Gasteiger partial charge is 0.260 e. The largest absolute Gasteiger partial charge is 0.342 e. The molecular weight excluding hydrogens is 578 g/mol. The van der Waals surface area contributed by atoms with Crippen LogP contribution in [0.1, 0.15) is 66.5 Å². The SMILES string of the molecule is CNC(C(=O)NC(C(=O)N(C)C(C=C(C)C(=O)NS(=O)(=O)Cc1cccnc1)C(C)C)C(C)(C)C)C(C)(C)c1ccccc1. The maximum Gasteiger partial charge on any atom is 0.260 e. The van der Waals surface area contributed by atoms with E-state index >= 15 is 0 Å². The average molecular weight is 628 g/mol. The van der Waals surface area contributed by atoms with Crippen LogP contribution >= 0.6 is 0 Å². The summed E-state index contributed by atoms with van der Waals surface area (Å²) in [7, 11) is -0.626. The molecular formula is C33H49N5O5S. The number of likely N-dealkylation sites (N-methyl/N-ethyl adjacent to an activating group) is 2. The first kappa shape index (κ1) is 36.6. The zero-order valence-electron chi connectivity index (χ0n) is 27.6. The maximum absolute atomic E-state index is 14.0. The minimum Gasteiger partial charge on any atom is -0.342 e. The first-order valence-electron chi connectivity index (χ1n) is 14.7. The number of carbonyl (C=O) groups is 3. The van der Waals surface area contributed by atoms with Gasteiger partial charge >= 0.3 is 0 Å². The van der Waals surface area contributed by atoms with Gasteiger partial charge in [-0.3, -0.25) is 19.4 Å². The van der Waals surface area contributed by atoms with Crippen molar-refractivity contribution in [2.24, 2.45) is 11.3 Å². The summed E-state index contributed by atoms with van der Waals surface area (Å²) in [6.45, 7) is 14.9. The molecule has 0 saturated carbocycles. The Hall–Kier alpha value is -3.57. The number of sulfonamides is 1. The van der Waals surface area contributed by atoms with E-state index in [1.54, 1.807) is 32.3 Å². The summed E-state index contributed by atoms with van der Waals surface area (Å²) < 4.78 is 27.4. The molecule has 2 aromatic rings. The van der Waals surface area contributed by atoms with Crippen LogP contribution in [0.25, 0.3) is 0 Å². The summed E-state index contributed by atoms with van der Waals surface area (Å²) in [6, 6.07) is 10.9. The number of benzene rings is 1. The molecule has 0 bridgehead atoms. The van der Waals surface area contributed by atoms with Crippen molar-refractivity contribution in [1.29, 1.82) is 0 Å². The topological polar surface area (TPSA) is 138 Å². The van der Waals surface area contributed by atoms with E-state index < -0.39 is 50.6 Å². The lowest BCUT2D eigenvalue weighted by molar-refractivity contribution is -0.140. The lowest BCUT2D eigenvalue weighted by Crippen LogP contribution is -2.61. The van der Waals surface area contributed by atoms with Crippen molar-refractivity contribution < 1.29 is 22.8 Å². The number of hydrogen-bond acceptors (Lipinski definition) is 7. The fourth-order valence-electron chi connectivity index (χ4n) is 5.12. The Kier molecular flexibility index (Phi) is 12.4. The van der Waals surface area contributed by atoms with Crippen molar-refractivity contribution in [3.8, 4) is 0 Å². The van der Waals surface area contributed by atoms with E-state index in [4.69, 9.17) is 0 Å². The zero-order valence-corrected chi connectivity index (χ0v) is 28.5. The van der Waals surface area contributed by atoms with Crippen molar-refractivity contribution in [3.05, 3.63) is 77.6 Å². The highest BCUT2D eigenvalue weighted by Crippen LogP contribution is 2.29. The van der Waals surface area contributed by atoms with Gasteiger partial charge in [0.05, 0.1) is 17.8 Å². The molecule has 3 N–H and O–H groups in total. The van der Waals surface area contributed by atoms with E-state index in [0.717, 1.165) is 5.56 Å². The van der Waals surface area contributed by atoms with Crippen LogP contribution < -0.4 is 15.4 Å². The van der Waals surface area contributed by atoms with Crippen molar-refractivity contribution in [3.63, 3.8) is 0 Å². The highest BCUT2D eigenvalue weighted by molar-refractivity contribution is 7.89. The molecule has 0 spiro atoms. The molecule has 3 atom stereocenters. The fourth-order valence-corrected chi connectivity index (χ4v) is 6.25. The molecule has 1 aromatic heterocycles. The third-order valence-corrected chi connectivity index (χ3v) is 8.98. The van der Waals surface area contributed by atoms with Crippen LogP contribution in [0.15, 0.2) is 66.5 Å². The predicted molar refractivity (Wildman–Crippen MR) is 174 cm³/mol. The number of rotatable bonds is 13. The van der Waals surface area contributed by atoms with Gasteiger partial charge in [-0.05, 0) is 42.5 Å². The summed E-state index contributed by atoms with van der Waals surface area (Å²) in [5.41, 5.74) is 0.347. The van der Waals surface area contributed by atoms with E-state index in [1.165, 1.54) is 24.2 Å². The summed E-state index contributed by atoms with van der Waals surface area (Å²) >= 11 is 0. The molecule has 3 amide bonds. The predicted octanol–water partition coefficient (Wildman–Crippen LogP) is 3.55. The Labute approximate surface area is 263 Å². The number of pyridine rings is 1. The highest BCUT2D eigenvalue weighted by atomic mass is 32.2. The van der Waals surface area contributed by atoms with Gasteiger partial charge in [-0.1, -0.05) is 90.9 Å². The molecule has 1 heterocycles. The second kappa shape index (κ2) is 14.9. The third-order valence-electron chi connectivity index (χ3n) is 7.77. The van der Waals surface area contributed by atoms with E-state index in [9.17, 15) is 22.8 Å². The summed E-state index contributed by atoms with van der Waals surface area (Å²) in [4.78, 5) is 46.1. The van der Waals surface area contributed by atoms with E-state index in [0.29, 0.717) is 5.56 Å². The Morgan fingerprint density at radius 3 is 2.09 bits per heavy atom. The molecule has 0 saturated heterocycles. The lowest BCUT2D eigenvalue weighted by Gasteiger charge is -2.40. The van der Waals surface area contributed by atoms with Gasteiger partial charge in [0.15, 0.2) is 0 Å². The molecule has 44 heavy (non-hydrogen) atoms. The molecule has 10 nitrogen and oxygen atoms in total. The summed E-state index contributed by atoms with van der Waals surface area (Å²) in [6.07, 6.45) is 4.55. The Bertz CT molecular complexity index is 1420. The lowest BCUT2D eigenvalue weighted by atomic mass is 9.76. The van der Waals surface area contributed by atoms with Crippen molar-refractivity contribution in [2.75, 3.05) is 14.1 Å². The van der Waals surface area contributed by atoms with Gasteiger partial charge in [-0.15, -0.1) is 0 Å². The van der Waals surface area contributed by atoms with E-state index in [2.05, 4.69) is 20.3 Å². The maximum atomic E-state index is 14.0. The Morgan fingerprint density at radius 2 is 1.59 bits per heavy atom. The molecule has 3 unspecified atom stereocenters. The van der Waals surface area contributed by atoms with Crippen molar-refractivity contribution >= 4 is 27.7 Å². The average Bonchev–Trinajstić information content (AvgIpc) is 2.93. The Balaban J connectivity index is 2.29. The monoisotopic (exact) mass is 627 g/mol. The molecule has 11 heteroatoms. The molecule has 0 aliphatic carbocycles. The number of aromatic nitrogens is 1. The molecule has 2 rings (SSSR count).